The van der Waals surface area contributed by atoms with Crippen molar-refractivity contribution in [1.82, 2.24) is 9.62 Å². The molecule has 0 spiro atoms. The SMILES string of the molecule is CCN(CC)S(=O)(=O)c1cc(C(=O)OCC(=O)NC(c2ccccc2)C2CC2)ccc1Cl. The lowest BCUT2D eigenvalue weighted by molar-refractivity contribution is -0.125. The molecule has 1 N–H and O–H groups in total. The van der Waals surface area contributed by atoms with Gasteiger partial charge < -0.3 is 10.1 Å². The van der Waals surface area contributed by atoms with E-state index in [2.05, 4.69) is 5.32 Å². The molecule has 2 aromatic rings. The summed E-state index contributed by atoms with van der Waals surface area (Å²) in [5, 5.41) is 2.95. The summed E-state index contributed by atoms with van der Waals surface area (Å²) in [6, 6.07) is 13.5. The van der Waals surface area contributed by atoms with Gasteiger partial charge in [-0.2, -0.15) is 4.31 Å². The Morgan fingerprint density at radius 1 is 1.12 bits per heavy atom. The van der Waals surface area contributed by atoms with Crippen molar-refractivity contribution in [3.05, 3.63) is 64.7 Å². The molecule has 1 unspecified atom stereocenters. The molecule has 1 fully saturated rings. The third kappa shape index (κ3) is 5.68. The summed E-state index contributed by atoms with van der Waals surface area (Å²) in [6.45, 7) is 3.52. The zero-order valence-corrected chi connectivity index (χ0v) is 19.7. The Bertz CT molecular complexity index is 1070. The molecule has 7 nitrogen and oxygen atoms in total. The molecule has 1 saturated carbocycles. The van der Waals surface area contributed by atoms with E-state index in [-0.39, 0.29) is 34.6 Å². The average Bonchev–Trinajstić information content (AvgIpc) is 3.62. The van der Waals surface area contributed by atoms with Gasteiger partial charge in [0.05, 0.1) is 16.6 Å². The molecule has 0 heterocycles. The highest BCUT2D eigenvalue weighted by molar-refractivity contribution is 7.89. The van der Waals surface area contributed by atoms with Crippen LogP contribution in [-0.4, -0.2) is 44.3 Å². The minimum atomic E-state index is -3.85. The standard InChI is InChI=1S/C23H27ClN2O5S/c1-3-26(4-2)32(29,30)20-14-18(12-13-19(20)24)23(28)31-15-21(27)25-22(17-10-11-17)16-8-6-5-7-9-16/h5-9,12-14,17,22H,3-4,10-11,15H2,1-2H3,(H,25,27). The Balaban J connectivity index is 1.66. The van der Waals surface area contributed by atoms with E-state index < -0.39 is 28.5 Å². The maximum Gasteiger partial charge on any atom is 0.338 e. The maximum atomic E-state index is 12.8. The van der Waals surface area contributed by atoms with Crippen LogP contribution in [-0.2, 0) is 19.6 Å². The minimum absolute atomic E-state index is 0.00901. The molecule has 1 aliphatic rings. The fraction of sp³-hybridized carbons (Fsp3) is 0.391. The van der Waals surface area contributed by atoms with Crippen molar-refractivity contribution in [3.8, 4) is 0 Å². The van der Waals surface area contributed by atoms with Gasteiger partial charge in [-0.25, -0.2) is 13.2 Å². The molecular weight excluding hydrogens is 452 g/mol. The summed E-state index contributed by atoms with van der Waals surface area (Å²) in [6.07, 6.45) is 2.07. The molecule has 1 atom stereocenters. The lowest BCUT2D eigenvalue weighted by Gasteiger charge is -2.20. The summed E-state index contributed by atoms with van der Waals surface area (Å²) in [5.41, 5.74) is 1.02. The zero-order valence-electron chi connectivity index (χ0n) is 18.1. The highest BCUT2D eigenvalue weighted by Crippen LogP contribution is 2.40. The van der Waals surface area contributed by atoms with Gasteiger partial charge in [0.1, 0.15) is 4.90 Å². The number of benzene rings is 2. The number of carbonyl (C=O) groups is 2. The number of sulfonamides is 1. The van der Waals surface area contributed by atoms with Crippen LogP contribution >= 0.6 is 11.6 Å². The molecule has 172 valence electrons. The Morgan fingerprint density at radius 3 is 2.38 bits per heavy atom. The Kier molecular flexibility index (Phi) is 7.92. The van der Waals surface area contributed by atoms with E-state index in [4.69, 9.17) is 16.3 Å². The molecule has 0 bridgehead atoms. The molecule has 0 saturated heterocycles. The van der Waals surface area contributed by atoms with E-state index in [0.717, 1.165) is 18.4 Å². The number of hydrogen-bond acceptors (Lipinski definition) is 5. The van der Waals surface area contributed by atoms with Crippen LogP contribution in [0, 0.1) is 5.92 Å². The molecule has 0 aromatic heterocycles. The van der Waals surface area contributed by atoms with Crippen molar-refractivity contribution in [2.45, 2.75) is 37.6 Å². The number of halogens is 1. The fourth-order valence-corrected chi connectivity index (χ4v) is 5.48. The van der Waals surface area contributed by atoms with Crippen LogP contribution in [0.3, 0.4) is 0 Å². The summed E-state index contributed by atoms with van der Waals surface area (Å²) in [4.78, 5) is 24.8. The molecule has 1 aliphatic carbocycles. The van der Waals surface area contributed by atoms with Crippen LogP contribution in [0.2, 0.25) is 5.02 Å². The van der Waals surface area contributed by atoms with Crippen LogP contribution in [0.15, 0.2) is 53.4 Å². The summed E-state index contributed by atoms with van der Waals surface area (Å²) >= 11 is 6.10. The Morgan fingerprint density at radius 2 is 1.78 bits per heavy atom. The molecule has 32 heavy (non-hydrogen) atoms. The van der Waals surface area contributed by atoms with E-state index in [1.807, 2.05) is 30.3 Å². The largest absolute Gasteiger partial charge is 0.452 e. The molecule has 0 aliphatic heterocycles. The van der Waals surface area contributed by atoms with Crippen molar-refractivity contribution >= 4 is 33.5 Å². The first-order chi connectivity index (χ1) is 15.3. The monoisotopic (exact) mass is 478 g/mol. The second kappa shape index (κ2) is 10.5. The Labute approximate surface area is 193 Å². The second-order valence-electron chi connectivity index (χ2n) is 7.60. The van der Waals surface area contributed by atoms with Crippen molar-refractivity contribution in [2.24, 2.45) is 5.92 Å². The van der Waals surface area contributed by atoms with E-state index >= 15 is 0 Å². The predicted molar refractivity (Wildman–Crippen MR) is 122 cm³/mol. The first-order valence-corrected chi connectivity index (χ1v) is 12.4. The van der Waals surface area contributed by atoms with Gasteiger partial charge in [-0.05, 0) is 42.5 Å². The molecule has 3 rings (SSSR count). The van der Waals surface area contributed by atoms with E-state index in [1.54, 1.807) is 13.8 Å². The third-order valence-electron chi connectivity index (χ3n) is 5.39. The fourth-order valence-electron chi connectivity index (χ4n) is 3.52. The van der Waals surface area contributed by atoms with Gasteiger partial charge in [0.2, 0.25) is 10.0 Å². The number of amides is 1. The van der Waals surface area contributed by atoms with Crippen molar-refractivity contribution in [1.29, 1.82) is 0 Å². The molecule has 1 amide bonds. The number of carbonyl (C=O) groups excluding carboxylic acids is 2. The summed E-state index contributed by atoms with van der Waals surface area (Å²) in [5.74, 6) is -0.833. The van der Waals surface area contributed by atoms with Crippen molar-refractivity contribution in [2.75, 3.05) is 19.7 Å². The van der Waals surface area contributed by atoms with Gasteiger partial charge in [0.15, 0.2) is 6.61 Å². The number of esters is 1. The van der Waals surface area contributed by atoms with Crippen LogP contribution < -0.4 is 5.32 Å². The normalized spacial score (nSPS) is 14.8. The number of rotatable bonds is 10. The first kappa shape index (κ1) is 24.2. The lowest BCUT2D eigenvalue weighted by Crippen LogP contribution is -2.33. The number of nitrogens with one attached hydrogen (secondary N) is 1. The van der Waals surface area contributed by atoms with E-state index in [9.17, 15) is 18.0 Å². The second-order valence-corrected chi connectivity index (χ2v) is 9.92. The van der Waals surface area contributed by atoms with Crippen LogP contribution in [0.5, 0.6) is 0 Å². The van der Waals surface area contributed by atoms with Gasteiger partial charge in [-0.15, -0.1) is 0 Å². The van der Waals surface area contributed by atoms with E-state index in [0.29, 0.717) is 5.92 Å². The van der Waals surface area contributed by atoms with Gasteiger partial charge in [-0.3, -0.25) is 4.79 Å². The highest BCUT2D eigenvalue weighted by Gasteiger charge is 2.33. The van der Waals surface area contributed by atoms with Gasteiger partial charge in [0.25, 0.3) is 5.91 Å². The quantitative estimate of drug-likeness (QED) is 0.524. The summed E-state index contributed by atoms with van der Waals surface area (Å²) < 4.78 is 32.0. The van der Waals surface area contributed by atoms with Gasteiger partial charge >= 0.3 is 5.97 Å². The van der Waals surface area contributed by atoms with Crippen molar-refractivity contribution < 1.29 is 22.7 Å². The molecule has 2 aromatic carbocycles. The van der Waals surface area contributed by atoms with Crippen molar-refractivity contribution in [3.63, 3.8) is 0 Å². The zero-order chi connectivity index (χ0) is 23.3. The molecule has 0 radical (unpaired) electrons. The van der Waals surface area contributed by atoms with Crippen LogP contribution in [0.25, 0.3) is 0 Å². The molecule has 9 heteroatoms. The number of ether oxygens (including phenoxy) is 1. The van der Waals surface area contributed by atoms with Crippen LogP contribution in [0.4, 0.5) is 0 Å². The van der Waals surface area contributed by atoms with Gasteiger partial charge in [0, 0.05) is 13.1 Å². The lowest BCUT2D eigenvalue weighted by atomic mass is 10.0. The Hall–Kier alpha value is -2.42. The highest BCUT2D eigenvalue weighted by atomic mass is 35.5. The average molecular weight is 479 g/mol. The topological polar surface area (TPSA) is 92.8 Å². The number of nitrogens with zero attached hydrogens (tertiary/aromatic N) is 1. The number of hydrogen-bond donors (Lipinski definition) is 1. The molecular formula is C23H27ClN2O5S. The van der Waals surface area contributed by atoms with E-state index in [1.165, 1.54) is 22.5 Å². The maximum absolute atomic E-state index is 12.8. The predicted octanol–water partition coefficient (Wildman–Crippen LogP) is 3.79. The van der Waals surface area contributed by atoms with Crippen LogP contribution in [0.1, 0.15) is 48.7 Å². The minimum Gasteiger partial charge on any atom is -0.452 e. The summed E-state index contributed by atoms with van der Waals surface area (Å²) in [7, 11) is -3.85. The third-order valence-corrected chi connectivity index (χ3v) is 7.92. The van der Waals surface area contributed by atoms with Gasteiger partial charge in [-0.1, -0.05) is 55.8 Å². The first-order valence-electron chi connectivity index (χ1n) is 10.6. The smallest absolute Gasteiger partial charge is 0.338 e.